The molecule has 0 unspecified atom stereocenters. The second-order valence-corrected chi connectivity index (χ2v) is 13.7. The maximum Gasteiger partial charge on any atom is 0.0462 e. The first-order chi connectivity index (χ1) is 26.6. The fraction of sp³-hybridized carbons (Fsp3) is 0.0385. The van der Waals surface area contributed by atoms with Crippen LogP contribution in [0.1, 0.15) is 22.3 Å². The molecule has 0 aliphatic carbocycles. The number of hydrogen-bond acceptors (Lipinski definition) is 2. The minimum absolute atomic E-state index is 1.13. The lowest BCUT2D eigenvalue weighted by Gasteiger charge is -2.26. The number of nitrogens with zero attached hydrogens (tertiary/aromatic N) is 2. The summed E-state index contributed by atoms with van der Waals surface area (Å²) in [6.07, 6.45) is 4.36. The lowest BCUT2D eigenvalue weighted by Crippen LogP contribution is -2.09. The minimum atomic E-state index is 1.13. The molecule has 0 fully saturated rings. The van der Waals surface area contributed by atoms with E-state index >= 15 is 0 Å². The van der Waals surface area contributed by atoms with E-state index in [4.69, 9.17) is 0 Å². The SMILES string of the molecule is Cc1ccc(N(c2ccc(C)cc2)c2ccc(-c3ccc(/C=C/c4ccc(-c5ccc(N(c6ccccc6)c6ccccc6)cc5)cc4)cc3)cc2)cc1. The standard InChI is InChI=1S/C52H42N2/c1-39-13-31-49(32-14-39)54(50-33-15-40(2)16-34-50)52-37-29-46(30-38-52)44-25-21-42(22-26-44)18-17-41-19-23-43(24-20-41)45-27-35-51(36-28-45)53(47-9-5-3-6-10-47)48-11-7-4-8-12-48/h3-38H,1-2H3/b18-17+. The molecule has 0 N–H and O–H groups in total. The zero-order chi connectivity index (χ0) is 36.7. The number of aryl methyl sites for hydroxylation is 2. The molecule has 0 aliphatic heterocycles. The van der Waals surface area contributed by atoms with Crippen molar-refractivity contribution in [3.8, 4) is 22.3 Å². The Kier molecular flexibility index (Phi) is 9.99. The first kappa shape index (κ1) is 34.2. The summed E-state index contributed by atoms with van der Waals surface area (Å²) in [5, 5.41) is 0. The summed E-state index contributed by atoms with van der Waals surface area (Å²) in [5.74, 6) is 0. The van der Waals surface area contributed by atoms with Crippen molar-refractivity contribution in [2.75, 3.05) is 9.80 Å². The van der Waals surface area contributed by atoms with Crippen LogP contribution in [0.2, 0.25) is 0 Å². The Morgan fingerprint density at radius 2 is 0.500 bits per heavy atom. The van der Waals surface area contributed by atoms with Gasteiger partial charge in [-0.2, -0.15) is 0 Å². The predicted octanol–water partition coefficient (Wildman–Crippen LogP) is 14.7. The Morgan fingerprint density at radius 3 is 0.796 bits per heavy atom. The molecule has 0 spiro atoms. The Balaban J connectivity index is 0.941. The third-order valence-electron chi connectivity index (χ3n) is 9.82. The van der Waals surface area contributed by atoms with Crippen LogP contribution >= 0.6 is 0 Å². The molecule has 0 saturated heterocycles. The van der Waals surface area contributed by atoms with Gasteiger partial charge in [-0.05, 0) is 120 Å². The van der Waals surface area contributed by atoms with Crippen molar-refractivity contribution in [3.05, 3.63) is 229 Å². The first-order valence-electron chi connectivity index (χ1n) is 18.5. The van der Waals surface area contributed by atoms with E-state index in [9.17, 15) is 0 Å². The van der Waals surface area contributed by atoms with Crippen LogP contribution in [0.4, 0.5) is 34.1 Å². The van der Waals surface area contributed by atoms with E-state index in [1.165, 1.54) is 44.5 Å². The van der Waals surface area contributed by atoms with E-state index in [1.807, 2.05) is 0 Å². The number of anilines is 6. The zero-order valence-electron chi connectivity index (χ0n) is 30.7. The highest BCUT2D eigenvalue weighted by molar-refractivity contribution is 5.81. The van der Waals surface area contributed by atoms with Gasteiger partial charge in [0, 0.05) is 34.1 Å². The zero-order valence-corrected chi connectivity index (χ0v) is 30.7. The van der Waals surface area contributed by atoms with Gasteiger partial charge in [-0.1, -0.05) is 157 Å². The molecule has 0 amide bonds. The van der Waals surface area contributed by atoms with Gasteiger partial charge in [-0.25, -0.2) is 0 Å². The van der Waals surface area contributed by atoms with Crippen LogP contribution in [0.15, 0.2) is 206 Å². The minimum Gasteiger partial charge on any atom is -0.311 e. The molecule has 2 nitrogen and oxygen atoms in total. The second-order valence-electron chi connectivity index (χ2n) is 13.7. The Morgan fingerprint density at radius 1 is 0.259 bits per heavy atom. The molecular formula is C52H42N2. The molecule has 0 radical (unpaired) electrons. The molecule has 0 aromatic heterocycles. The van der Waals surface area contributed by atoms with Gasteiger partial charge < -0.3 is 9.80 Å². The summed E-state index contributed by atoms with van der Waals surface area (Å²) in [6.45, 7) is 4.25. The van der Waals surface area contributed by atoms with Gasteiger partial charge >= 0.3 is 0 Å². The van der Waals surface area contributed by atoms with Crippen molar-refractivity contribution >= 4 is 46.3 Å². The maximum atomic E-state index is 2.31. The van der Waals surface area contributed by atoms with E-state index in [0.717, 1.165) is 34.1 Å². The molecule has 8 aromatic rings. The van der Waals surface area contributed by atoms with Crippen molar-refractivity contribution in [2.45, 2.75) is 13.8 Å². The summed E-state index contributed by atoms with van der Waals surface area (Å²) in [7, 11) is 0. The van der Waals surface area contributed by atoms with E-state index in [0.29, 0.717) is 0 Å². The summed E-state index contributed by atoms with van der Waals surface area (Å²) >= 11 is 0. The normalized spacial score (nSPS) is 11.1. The van der Waals surface area contributed by atoms with Gasteiger partial charge in [0.05, 0.1) is 0 Å². The van der Waals surface area contributed by atoms with E-state index in [1.54, 1.807) is 0 Å². The smallest absolute Gasteiger partial charge is 0.0462 e. The quantitative estimate of drug-likeness (QED) is 0.132. The van der Waals surface area contributed by atoms with E-state index < -0.39 is 0 Å². The summed E-state index contributed by atoms with van der Waals surface area (Å²) in [4.78, 5) is 4.60. The molecule has 0 aliphatic rings. The average Bonchev–Trinajstić information content (AvgIpc) is 3.23. The highest BCUT2D eigenvalue weighted by Gasteiger charge is 2.14. The van der Waals surface area contributed by atoms with Gasteiger partial charge in [0.25, 0.3) is 0 Å². The van der Waals surface area contributed by atoms with E-state index in [-0.39, 0.29) is 0 Å². The molecule has 2 heteroatoms. The average molecular weight is 695 g/mol. The van der Waals surface area contributed by atoms with Crippen LogP contribution in [0.5, 0.6) is 0 Å². The van der Waals surface area contributed by atoms with Gasteiger partial charge in [0.15, 0.2) is 0 Å². The second kappa shape index (κ2) is 15.8. The number of benzene rings is 8. The van der Waals surface area contributed by atoms with E-state index in [2.05, 4.69) is 242 Å². The summed E-state index contributed by atoms with van der Waals surface area (Å²) < 4.78 is 0. The fourth-order valence-corrected chi connectivity index (χ4v) is 6.81. The summed E-state index contributed by atoms with van der Waals surface area (Å²) in [6, 6.07) is 73.7. The van der Waals surface area contributed by atoms with Crippen LogP contribution < -0.4 is 9.80 Å². The van der Waals surface area contributed by atoms with Crippen LogP contribution in [-0.4, -0.2) is 0 Å². The van der Waals surface area contributed by atoms with Gasteiger partial charge in [0.2, 0.25) is 0 Å². The van der Waals surface area contributed by atoms with Crippen LogP contribution in [0.3, 0.4) is 0 Å². The molecule has 54 heavy (non-hydrogen) atoms. The Labute approximate surface area is 319 Å². The van der Waals surface area contributed by atoms with Crippen LogP contribution in [-0.2, 0) is 0 Å². The molecule has 0 atom stereocenters. The van der Waals surface area contributed by atoms with Gasteiger partial charge in [0.1, 0.15) is 0 Å². The number of para-hydroxylation sites is 2. The summed E-state index contributed by atoms with van der Waals surface area (Å²) in [5.41, 5.74) is 16.4. The highest BCUT2D eigenvalue weighted by Crippen LogP contribution is 2.37. The number of hydrogen-bond donors (Lipinski definition) is 0. The van der Waals surface area contributed by atoms with Crippen molar-refractivity contribution < 1.29 is 0 Å². The maximum absolute atomic E-state index is 2.31. The molecule has 260 valence electrons. The third-order valence-corrected chi connectivity index (χ3v) is 9.82. The van der Waals surface area contributed by atoms with Crippen LogP contribution in [0.25, 0.3) is 34.4 Å². The van der Waals surface area contributed by atoms with Gasteiger partial charge in [-0.15, -0.1) is 0 Å². The van der Waals surface area contributed by atoms with Crippen molar-refractivity contribution in [2.24, 2.45) is 0 Å². The lowest BCUT2D eigenvalue weighted by atomic mass is 10.0. The molecular weight excluding hydrogens is 653 g/mol. The molecule has 8 aromatic carbocycles. The Hall–Kier alpha value is -6.90. The first-order valence-corrected chi connectivity index (χ1v) is 18.5. The molecule has 0 bridgehead atoms. The molecule has 0 heterocycles. The molecule has 8 rings (SSSR count). The third kappa shape index (κ3) is 7.79. The van der Waals surface area contributed by atoms with Crippen molar-refractivity contribution in [1.82, 2.24) is 0 Å². The van der Waals surface area contributed by atoms with Gasteiger partial charge in [-0.3, -0.25) is 0 Å². The lowest BCUT2D eigenvalue weighted by molar-refractivity contribution is 1.27. The Bertz CT molecular complexity index is 2350. The van der Waals surface area contributed by atoms with Crippen molar-refractivity contribution in [3.63, 3.8) is 0 Å². The monoisotopic (exact) mass is 694 g/mol. The predicted molar refractivity (Wildman–Crippen MR) is 232 cm³/mol. The van der Waals surface area contributed by atoms with Crippen molar-refractivity contribution in [1.29, 1.82) is 0 Å². The topological polar surface area (TPSA) is 6.48 Å². The van der Waals surface area contributed by atoms with Crippen LogP contribution in [0, 0.1) is 13.8 Å². The molecule has 0 saturated carbocycles. The number of rotatable bonds is 10. The highest BCUT2D eigenvalue weighted by atomic mass is 15.1. The fourth-order valence-electron chi connectivity index (χ4n) is 6.81. The largest absolute Gasteiger partial charge is 0.311 e.